The van der Waals surface area contributed by atoms with Crippen LogP contribution >= 0.6 is 0 Å². The fraction of sp³-hybridized carbons (Fsp3) is 0.167. The minimum absolute atomic E-state index is 0. The second-order valence-corrected chi connectivity index (χ2v) is 1.09. The normalized spacial score (nSPS) is 5.44. The Morgan fingerprint density at radius 3 is 1.56 bits per heavy atom. The van der Waals surface area contributed by atoms with Gasteiger partial charge in [0, 0.05) is 5.57 Å². The van der Waals surface area contributed by atoms with Crippen LogP contribution < -0.4 is 0 Å². The van der Waals surface area contributed by atoms with E-state index in [9.17, 15) is 4.79 Å². The Balaban J connectivity index is -0.000000109. The number of hydrogen-bond acceptors (Lipinski definition) is 1. The Labute approximate surface area is 85.3 Å². The van der Waals surface area contributed by atoms with Crippen LogP contribution in [0.4, 0.5) is 0 Å². The Kier molecular flexibility index (Phi) is 19.8. The van der Waals surface area contributed by atoms with Crippen molar-refractivity contribution in [2.24, 2.45) is 0 Å². The Hall–Kier alpha value is 0.210. The molecule has 0 bridgehead atoms. The van der Waals surface area contributed by atoms with Crippen molar-refractivity contribution in [3.8, 4) is 0 Å². The number of hydrogen-bond donors (Lipinski definition) is 1. The predicted molar refractivity (Wildman–Crippen MR) is 42.2 cm³/mol. The summed E-state index contributed by atoms with van der Waals surface area (Å²) >= 11 is 0. The van der Waals surface area contributed by atoms with Crippen LogP contribution in [-0.4, -0.2) is 48.8 Å². The minimum atomic E-state index is -0.935. The summed E-state index contributed by atoms with van der Waals surface area (Å²) in [5, 5.41) is 7.89. The van der Waals surface area contributed by atoms with Crippen molar-refractivity contribution in [2.45, 2.75) is 6.92 Å². The number of aliphatic carboxylic acids is 1. The van der Waals surface area contributed by atoms with E-state index in [0.29, 0.717) is 0 Å². The van der Waals surface area contributed by atoms with Gasteiger partial charge in [-0.1, -0.05) is 6.58 Å². The third kappa shape index (κ3) is 17.9. The van der Waals surface area contributed by atoms with Crippen molar-refractivity contribution in [2.75, 3.05) is 0 Å². The second kappa shape index (κ2) is 11.1. The molecular formula is C6H12CaO2. The van der Waals surface area contributed by atoms with Gasteiger partial charge in [-0.15, -0.1) is 13.2 Å². The molecule has 0 spiro atoms. The van der Waals surface area contributed by atoms with Gasteiger partial charge in [-0.2, -0.15) is 0 Å². The van der Waals surface area contributed by atoms with E-state index in [4.69, 9.17) is 5.11 Å². The van der Waals surface area contributed by atoms with Crippen molar-refractivity contribution in [3.63, 3.8) is 0 Å². The average Bonchev–Trinajstić information content (AvgIpc) is 1.72. The molecule has 0 fully saturated rings. The van der Waals surface area contributed by atoms with Crippen LogP contribution in [0.25, 0.3) is 0 Å². The molecule has 0 aliphatic rings. The molecule has 2 nitrogen and oxygen atoms in total. The first kappa shape index (κ1) is 16.1. The number of carbonyl (C=O) groups is 1. The number of carboxylic acids is 1. The van der Waals surface area contributed by atoms with Crippen molar-refractivity contribution < 1.29 is 9.90 Å². The first-order valence-electron chi connectivity index (χ1n) is 2.03. The fourth-order valence-electron chi connectivity index (χ4n) is 0. The Bertz CT molecular complexity index is 87.2. The van der Waals surface area contributed by atoms with Crippen molar-refractivity contribution in [1.29, 1.82) is 0 Å². The average molecular weight is 156 g/mol. The van der Waals surface area contributed by atoms with E-state index in [1.54, 1.807) is 0 Å². The van der Waals surface area contributed by atoms with E-state index in [-0.39, 0.29) is 43.3 Å². The zero-order chi connectivity index (χ0) is 7.15. The molecular weight excluding hydrogens is 144 g/mol. The van der Waals surface area contributed by atoms with Gasteiger partial charge in [0.1, 0.15) is 0 Å². The third-order valence-electron chi connectivity index (χ3n) is 0.365. The monoisotopic (exact) mass is 156 g/mol. The molecule has 9 heavy (non-hydrogen) atoms. The molecule has 0 aliphatic carbocycles. The van der Waals surface area contributed by atoms with Crippen LogP contribution in [0.2, 0.25) is 0 Å². The van der Waals surface area contributed by atoms with E-state index in [2.05, 4.69) is 19.7 Å². The number of carboxylic acid groups (broad SMARTS) is 1. The molecule has 3 heteroatoms. The first-order chi connectivity index (χ1) is 3.64. The first-order valence-corrected chi connectivity index (χ1v) is 2.03. The topological polar surface area (TPSA) is 37.3 Å². The maximum atomic E-state index is 9.60. The van der Waals surface area contributed by atoms with E-state index in [0.717, 1.165) is 0 Å². The van der Waals surface area contributed by atoms with Gasteiger partial charge in [-0.3, -0.25) is 0 Å². The van der Waals surface area contributed by atoms with Crippen LogP contribution in [0.5, 0.6) is 0 Å². The van der Waals surface area contributed by atoms with Crippen LogP contribution in [0.15, 0.2) is 25.3 Å². The summed E-state index contributed by atoms with van der Waals surface area (Å²) in [6.07, 6.45) is 0. The van der Waals surface area contributed by atoms with E-state index in [1.807, 2.05) is 0 Å². The maximum absolute atomic E-state index is 9.60. The summed E-state index contributed by atoms with van der Waals surface area (Å²) in [6.45, 7) is 10.6. The zero-order valence-electron chi connectivity index (χ0n) is 4.98. The van der Waals surface area contributed by atoms with Crippen molar-refractivity contribution in [1.82, 2.24) is 0 Å². The van der Waals surface area contributed by atoms with Gasteiger partial charge in [0.25, 0.3) is 0 Å². The van der Waals surface area contributed by atoms with Crippen LogP contribution in [0, 0.1) is 0 Å². The van der Waals surface area contributed by atoms with Crippen molar-refractivity contribution >= 4 is 43.7 Å². The summed E-state index contributed by atoms with van der Waals surface area (Å²) in [7, 11) is 0. The van der Waals surface area contributed by atoms with E-state index in [1.165, 1.54) is 6.92 Å². The Morgan fingerprint density at radius 2 is 1.56 bits per heavy atom. The van der Waals surface area contributed by atoms with Gasteiger partial charge in [-0.05, 0) is 6.92 Å². The summed E-state index contributed by atoms with van der Waals surface area (Å²) in [5.41, 5.74) is 0.176. The zero-order valence-corrected chi connectivity index (χ0v) is 4.98. The van der Waals surface area contributed by atoms with Gasteiger partial charge in [0.05, 0.1) is 0 Å². The summed E-state index contributed by atoms with van der Waals surface area (Å²) in [6, 6.07) is 0. The summed E-state index contributed by atoms with van der Waals surface area (Å²) < 4.78 is 0. The molecule has 0 radical (unpaired) electrons. The van der Waals surface area contributed by atoms with Crippen LogP contribution in [0.1, 0.15) is 6.92 Å². The molecule has 0 amide bonds. The van der Waals surface area contributed by atoms with Gasteiger partial charge in [0.15, 0.2) is 0 Å². The van der Waals surface area contributed by atoms with Crippen LogP contribution in [0.3, 0.4) is 0 Å². The SMILES string of the molecule is C=C.C=C(C)C(=O)O.[CaH2]. The molecule has 0 saturated heterocycles. The molecule has 0 heterocycles. The molecule has 0 atom stereocenters. The summed E-state index contributed by atoms with van der Waals surface area (Å²) in [5.74, 6) is -0.935. The van der Waals surface area contributed by atoms with Gasteiger partial charge in [-0.25, -0.2) is 4.79 Å². The second-order valence-electron chi connectivity index (χ2n) is 1.09. The quantitative estimate of drug-likeness (QED) is 0.341. The molecule has 0 rings (SSSR count). The summed E-state index contributed by atoms with van der Waals surface area (Å²) in [4.78, 5) is 9.60. The van der Waals surface area contributed by atoms with Crippen LogP contribution in [-0.2, 0) is 4.79 Å². The number of rotatable bonds is 1. The van der Waals surface area contributed by atoms with Gasteiger partial charge >= 0.3 is 43.7 Å². The molecule has 1 N–H and O–H groups in total. The van der Waals surface area contributed by atoms with Gasteiger partial charge in [0.2, 0.25) is 0 Å². The third-order valence-corrected chi connectivity index (χ3v) is 0.365. The standard InChI is InChI=1S/C4H6O2.C2H4.Ca.2H/c1-3(2)4(5)6;1-2;;;/h1H2,2H3,(H,5,6);1-2H2;;;. The molecule has 0 saturated carbocycles. The van der Waals surface area contributed by atoms with E-state index >= 15 is 0 Å². The molecule has 50 valence electrons. The molecule has 0 aromatic rings. The predicted octanol–water partition coefficient (Wildman–Crippen LogP) is 0.533. The van der Waals surface area contributed by atoms with E-state index < -0.39 is 5.97 Å². The Morgan fingerprint density at radius 1 is 1.44 bits per heavy atom. The molecule has 0 aliphatic heterocycles. The molecule has 0 aromatic carbocycles. The molecule has 0 unspecified atom stereocenters. The van der Waals surface area contributed by atoms with Crippen molar-refractivity contribution in [3.05, 3.63) is 25.3 Å². The van der Waals surface area contributed by atoms with Gasteiger partial charge < -0.3 is 5.11 Å². The molecule has 0 aromatic heterocycles. The fourth-order valence-corrected chi connectivity index (χ4v) is 0.